The number of hydrogen-bond acceptors (Lipinski definition) is 2. The fourth-order valence-electron chi connectivity index (χ4n) is 2.32. The second-order valence-electron chi connectivity index (χ2n) is 5.05. The lowest BCUT2D eigenvalue weighted by molar-refractivity contribution is 0.297. The molecule has 21 heavy (non-hydrogen) atoms. The zero-order valence-corrected chi connectivity index (χ0v) is 13.9. The topological polar surface area (TPSA) is 18.5 Å². The Bertz CT molecular complexity index is 613. The van der Waals surface area contributed by atoms with Gasteiger partial charge in [0.1, 0.15) is 0 Å². The summed E-state index contributed by atoms with van der Waals surface area (Å²) in [7, 11) is 0. The minimum Gasteiger partial charge on any atom is -0.490 e. The van der Waals surface area contributed by atoms with E-state index in [0.717, 1.165) is 34.4 Å². The third-order valence-electron chi connectivity index (χ3n) is 3.46. The van der Waals surface area contributed by atoms with Crippen LogP contribution in [0.4, 0.5) is 0 Å². The Morgan fingerprint density at radius 3 is 2.48 bits per heavy atom. The molecule has 3 rings (SSSR count). The van der Waals surface area contributed by atoms with Crippen LogP contribution in [0.3, 0.4) is 0 Å². The van der Waals surface area contributed by atoms with Crippen molar-refractivity contribution in [3.05, 3.63) is 58.1 Å². The Labute approximate surface area is 138 Å². The van der Waals surface area contributed by atoms with E-state index in [9.17, 15) is 0 Å². The summed E-state index contributed by atoms with van der Waals surface area (Å²) in [6, 6.07) is 14.2. The van der Waals surface area contributed by atoms with Crippen molar-refractivity contribution in [3.8, 4) is 11.5 Å². The van der Waals surface area contributed by atoms with Crippen LogP contribution in [0.1, 0.15) is 22.9 Å². The van der Waals surface area contributed by atoms with Crippen LogP contribution in [0.15, 0.2) is 46.9 Å². The Morgan fingerprint density at radius 2 is 1.71 bits per heavy atom. The number of rotatable bonds is 3. The van der Waals surface area contributed by atoms with E-state index < -0.39 is 0 Å². The quantitative estimate of drug-likeness (QED) is 0.700. The molecule has 0 aliphatic carbocycles. The van der Waals surface area contributed by atoms with Crippen LogP contribution in [0, 0.1) is 0 Å². The molecule has 0 saturated heterocycles. The molecule has 1 heterocycles. The molecule has 0 radical (unpaired) electrons. The molecule has 0 amide bonds. The molecule has 2 nitrogen and oxygen atoms in total. The van der Waals surface area contributed by atoms with Crippen molar-refractivity contribution >= 4 is 27.5 Å². The van der Waals surface area contributed by atoms with Crippen molar-refractivity contribution in [1.82, 2.24) is 0 Å². The first-order valence-corrected chi connectivity index (χ1v) is 8.23. The van der Waals surface area contributed by atoms with Gasteiger partial charge in [0.05, 0.1) is 18.6 Å². The largest absolute Gasteiger partial charge is 0.490 e. The first kappa shape index (κ1) is 14.7. The monoisotopic (exact) mass is 366 g/mol. The first-order chi connectivity index (χ1) is 10.2. The highest BCUT2D eigenvalue weighted by Crippen LogP contribution is 2.35. The third-order valence-corrected chi connectivity index (χ3v) is 4.40. The van der Waals surface area contributed by atoms with Crippen LogP contribution in [-0.2, 0) is 6.42 Å². The summed E-state index contributed by atoms with van der Waals surface area (Å²) in [6.45, 7) is 1.39. The molecule has 0 bridgehead atoms. The highest BCUT2D eigenvalue weighted by atomic mass is 79.9. The molecular weight excluding hydrogens is 352 g/mol. The minimum absolute atomic E-state index is 0.0803. The lowest BCUT2D eigenvalue weighted by atomic mass is 10.0. The van der Waals surface area contributed by atoms with Crippen molar-refractivity contribution in [2.75, 3.05) is 13.2 Å². The maximum Gasteiger partial charge on any atom is 0.161 e. The number of fused-ring (bicyclic) bond motifs is 1. The Kier molecular flexibility index (Phi) is 4.71. The molecule has 0 N–H and O–H groups in total. The SMILES string of the molecule is ClC(Cc1ccc(Br)cc1)c1ccc2c(c1)OCCCO2. The standard InChI is InChI=1S/C17H16BrClO2/c18-14-5-2-12(3-6-14)10-15(19)13-4-7-16-17(11-13)21-9-1-8-20-16/h2-7,11,15H,1,8-10H2. The number of hydrogen-bond donors (Lipinski definition) is 0. The maximum absolute atomic E-state index is 6.56. The zero-order chi connectivity index (χ0) is 14.7. The van der Waals surface area contributed by atoms with Gasteiger partial charge in [-0.3, -0.25) is 0 Å². The van der Waals surface area contributed by atoms with Gasteiger partial charge in [-0.2, -0.15) is 0 Å². The third kappa shape index (κ3) is 3.72. The van der Waals surface area contributed by atoms with Crippen molar-refractivity contribution in [2.24, 2.45) is 0 Å². The van der Waals surface area contributed by atoms with Gasteiger partial charge in [0, 0.05) is 10.9 Å². The van der Waals surface area contributed by atoms with Gasteiger partial charge in [-0.15, -0.1) is 11.6 Å². The van der Waals surface area contributed by atoms with Crippen LogP contribution < -0.4 is 9.47 Å². The summed E-state index contributed by atoms with van der Waals surface area (Å²) in [4.78, 5) is 0. The number of ether oxygens (including phenoxy) is 2. The minimum atomic E-state index is -0.0803. The van der Waals surface area contributed by atoms with Gasteiger partial charge in [-0.05, 0) is 41.8 Å². The molecule has 110 valence electrons. The molecule has 4 heteroatoms. The van der Waals surface area contributed by atoms with E-state index in [4.69, 9.17) is 21.1 Å². The molecule has 1 unspecified atom stereocenters. The van der Waals surface area contributed by atoms with Crippen molar-refractivity contribution in [2.45, 2.75) is 18.2 Å². The van der Waals surface area contributed by atoms with Gasteiger partial charge in [0.25, 0.3) is 0 Å². The van der Waals surface area contributed by atoms with Crippen molar-refractivity contribution < 1.29 is 9.47 Å². The molecule has 0 spiro atoms. The molecule has 1 aliphatic rings. The summed E-state index contributed by atoms with van der Waals surface area (Å²) in [6.07, 6.45) is 1.70. The van der Waals surface area contributed by atoms with E-state index in [-0.39, 0.29) is 5.38 Å². The second-order valence-corrected chi connectivity index (χ2v) is 6.50. The fourth-order valence-corrected chi connectivity index (χ4v) is 2.90. The molecule has 0 aromatic heterocycles. The molecule has 0 saturated carbocycles. The second kappa shape index (κ2) is 6.71. The summed E-state index contributed by atoms with van der Waals surface area (Å²) < 4.78 is 12.4. The number of halogens is 2. The lowest BCUT2D eigenvalue weighted by Crippen LogP contribution is -1.98. The molecule has 1 aliphatic heterocycles. The average molecular weight is 368 g/mol. The van der Waals surface area contributed by atoms with Crippen LogP contribution in [0.5, 0.6) is 11.5 Å². The van der Waals surface area contributed by atoms with Crippen LogP contribution in [0.2, 0.25) is 0 Å². The average Bonchev–Trinajstić information content (AvgIpc) is 2.74. The van der Waals surface area contributed by atoms with Crippen molar-refractivity contribution in [3.63, 3.8) is 0 Å². The van der Waals surface area contributed by atoms with Gasteiger partial charge in [0.15, 0.2) is 11.5 Å². The van der Waals surface area contributed by atoms with Crippen molar-refractivity contribution in [1.29, 1.82) is 0 Å². The normalized spacial score (nSPS) is 15.3. The number of benzene rings is 2. The van der Waals surface area contributed by atoms with E-state index in [1.54, 1.807) is 0 Å². The molecule has 2 aromatic rings. The molecule has 1 atom stereocenters. The molecule has 2 aromatic carbocycles. The van der Waals surface area contributed by atoms with Crippen LogP contribution in [0.25, 0.3) is 0 Å². The lowest BCUT2D eigenvalue weighted by Gasteiger charge is -2.13. The maximum atomic E-state index is 6.56. The van der Waals surface area contributed by atoms with E-state index >= 15 is 0 Å². The Hall–Kier alpha value is -1.19. The summed E-state index contributed by atoms with van der Waals surface area (Å²) in [5.74, 6) is 1.61. The summed E-state index contributed by atoms with van der Waals surface area (Å²) in [5.41, 5.74) is 2.27. The van der Waals surface area contributed by atoms with Gasteiger partial charge in [0.2, 0.25) is 0 Å². The molecule has 0 fully saturated rings. The van der Waals surface area contributed by atoms with Gasteiger partial charge in [-0.1, -0.05) is 34.1 Å². The van der Waals surface area contributed by atoms with Crippen LogP contribution in [-0.4, -0.2) is 13.2 Å². The number of alkyl halides is 1. The van der Waals surface area contributed by atoms with Gasteiger partial charge < -0.3 is 9.47 Å². The van der Waals surface area contributed by atoms with Crippen LogP contribution >= 0.6 is 27.5 Å². The van der Waals surface area contributed by atoms with E-state index in [1.165, 1.54) is 5.56 Å². The smallest absolute Gasteiger partial charge is 0.161 e. The Balaban J connectivity index is 1.76. The zero-order valence-electron chi connectivity index (χ0n) is 11.5. The highest BCUT2D eigenvalue weighted by molar-refractivity contribution is 9.10. The van der Waals surface area contributed by atoms with Gasteiger partial charge >= 0.3 is 0 Å². The predicted molar refractivity (Wildman–Crippen MR) is 88.5 cm³/mol. The summed E-state index contributed by atoms with van der Waals surface area (Å²) >= 11 is 10.00. The van der Waals surface area contributed by atoms with E-state index in [2.05, 4.69) is 28.1 Å². The fraction of sp³-hybridized carbons (Fsp3) is 0.294. The van der Waals surface area contributed by atoms with Gasteiger partial charge in [-0.25, -0.2) is 0 Å². The van der Waals surface area contributed by atoms with E-state index in [1.807, 2.05) is 30.3 Å². The first-order valence-electron chi connectivity index (χ1n) is 7.00. The summed E-state index contributed by atoms with van der Waals surface area (Å²) in [5, 5.41) is -0.0803. The molecular formula is C17H16BrClO2. The highest BCUT2D eigenvalue weighted by Gasteiger charge is 2.15. The Morgan fingerprint density at radius 1 is 1.00 bits per heavy atom. The van der Waals surface area contributed by atoms with E-state index in [0.29, 0.717) is 13.2 Å². The predicted octanol–water partition coefficient (Wildman–Crippen LogP) is 5.13.